The van der Waals surface area contributed by atoms with Crippen LogP contribution in [0.1, 0.15) is 5.69 Å². The molecule has 0 radical (unpaired) electrons. The fourth-order valence-electron chi connectivity index (χ4n) is 1.32. The molecule has 1 aliphatic rings. The monoisotopic (exact) mass is 201 g/mol. The van der Waals surface area contributed by atoms with Gasteiger partial charge in [-0.05, 0) is 0 Å². The Morgan fingerprint density at radius 3 is 2.92 bits per heavy atom. The molecule has 1 saturated heterocycles. The Kier molecular flexibility index (Phi) is 2.09. The smallest absolute Gasteiger partial charge is 0.153 e. The minimum atomic E-state index is -2.71. The maximum Gasteiger partial charge on any atom is 0.153 e. The van der Waals surface area contributed by atoms with Crippen LogP contribution < -0.4 is 5.32 Å². The number of H-pyrrole nitrogens is 1. The van der Waals surface area contributed by atoms with E-state index >= 15 is 0 Å². The van der Waals surface area contributed by atoms with Crippen molar-refractivity contribution < 1.29 is 8.42 Å². The average molecular weight is 201 g/mol. The van der Waals surface area contributed by atoms with E-state index in [1.54, 1.807) is 12.5 Å². The van der Waals surface area contributed by atoms with E-state index in [2.05, 4.69) is 15.3 Å². The topological polar surface area (TPSA) is 74.8 Å². The first-order chi connectivity index (χ1) is 6.16. The standard InChI is InChI=1S/C7H11N3O2S/c11-13(12)3-7(4-13)9-2-6-1-8-5-10-6/h1,5,7,9H,2-4H2,(H,8,10). The van der Waals surface area contributed by atoms with Gasteiger partial charge in [-0.25, -0.2) is 13.4 Å². The predicted molar refractivity (Wildman–Crippen MR) is 47.9 cm³/mol. The molecule has 0 unspecified atom stereocenters. The summed E-state index contributed by atoms with van der Waals surface area (Å²) in [7, 11) is -2.71. The van der Waals surface area contributed by atoms with Gasteiger partial charge < -0.3 is 10.3 Å². The molecule has 5 nitrogen and oxygen atoms in total. The number of sulfone groups is 1. The van der Waals surface area contributed by atoms with Crippen LogP contribution in [0.4, 0.5) is 0 Å². The van der Waals surface area contributed by atoms with Gasteiger partial charge in [-0.2, -0.15) is 0 Å². The lowest BCUT2D eigenvalue weighted by atomic mass is 10.3. The van der Waals surface area contributed by atoms with Crippen LogP contribution in [0.5, 0.6) is 0 Å². The van der Waals surface area contributed by atoms with Gasteiger partial charge in [0, 0.05) is 24.5 Å². The third-order valence-electron chi connectivity index (χ3n) is 2.05. The highest BCUT2D eigenvalue weighted by molar-refractivity contribution is 7.92. The zero-order valence-electron chi connectivity index (χ0n) is 7.03. The predicted octanol–water partition coefficient (Wildman–Crippen LogP) is -0.704. The summed E-state index contributed by atoms with van der Waals surface area (Å²) < 4.78 is 21.6. The first kappa shape index (κ1) is 8.71. The number of hydrogen-bond acceptors (Lipinski definition) is 4. The van der Waals surface area contributed by atoms with Gasteiger partial charge in [0.05, 0.1) is 17.8 Å². The van der Waals surface area contributed by atoms with Crippen LogP contribution >= 0.6 is 0 Å². The lowest BCUT2D eigenvalue weighted by Gasteiger charge is -2.26. The second kappa shape index (κ2) is 3.12. The minimum absolute atomic E-state index is 0.119. The molecule has 0 saturated carbocycles. The van der Waals surface area contributed by atoms with Gasteiger partial charge in [0.15, 0.2) is 9.84 Å². The number of hydrogen-bond donors (Lipinski definition) is 2. The fourth-order valence-corrected chi connectivity index (χ4v) is 2.68. The van der Waals surface area contributed by atoms with Crippen molar-refractivity contribution in [3.63, 3.8) is 0 Å². The summed E-state index contributed by atoms with van der Waals surface area (Å²) in [5.74, 6) is 0.530. The van der Waals surface area contributed by atoms with Gasteiger partial charge in [0.2, 0.25) is 0 Å². The average Bonchev–Trinajstić information content (AvgIpc) is 2.48. The van der Waals surface area contributed by atoms with Crippen molar-refractivity contribution in [3.8, 4) is 0 Å². The van der Waals surface area contributed by atoms with E-state index in [0.29, 0.717) is 6.54 Å². The first-order valence-electron chi connectivity index (χ1n) is 4.07. The summed E-state index contributed by atoms with van der Waals surface area (Å²) in [5, 5.41) is 3.13. The number of aromatic amines is 1. The van der Waals surface area contributed by atoms with Gasteiger partial charge in [-0.15, -0.1) is 0 Å². The maximum atomic E-state index is 10.8. The van der Waals surface area contributed by atoms with Crippen molar-refractivity contribution in [1.82, 2.24) is 15.3 Å². The van der Waals surface area contributed by atoms with Crippen LogP contribution in [-0.4, -0.2) is 35.9 Å². The highest BCUT2D eigenvalue weighted by Gasteiger charge is 2.32. The Balaban J connectivity index is 1.77. The van der Waals surface area contributed by atoms with E-state index in [0.717, 1.165) is 5.69 Å². The van der Waals surface area contributed by atoms with E-state index in [1.807, 2.05) is 0 Å². The van der Waals surface area contributed by atoms with Crippen molar-refractivity contribution in [2.45, 2.75) is 12.6 Å². The van der Waals surface area contributed by atoms with Gasteiger partial charge in [0.1, 0.15) is 0 Å². The summed E-state index contributed by atoms with van der Waals surface area (Å²) in [6.07, 6.45) is 3.33. The summed E-state index contributed by atoms with van der Waals surface area (Å²) in [4.78, 5) is 6.80. The Morgan fingerprint density at radius 1 is 1.62 bits per heavy atom. The van der Waals surface area contributed by atoms with Crippen LogP contribution in [0.3, 0.4) is 0 Å². The van der Waals surface area contributed by atoms with Crippen LogP contribution in [-0.2, 0) is 16.4 Å². The van der Waals surface area contributed by atoms with Gasteiger partial charge in [-0.3, -0.25) is 0 Å². The van der Waals surface area contributed by atoms with Gasteiger partial charge >= 0.3 is 0 Å². The van der Waals surface area contributed by atoms with Crippen LogP contribution in [0.25, 0.3) is 0 Å². The highest BCUT2D eigenvalue weighted by Crippen LogP contribution is 2.10. The second-order valence-corrected chi connectivity index (χ2v) is 5.39. The van der Waals surface area contributed by atoms with Crippen LogP contribution in [0.2, 0.25) is 0 Å². The van der Waals surface area contributed by atoms with Crippen molar-refractivity contribution in [1.29, 1.82) is 0 Å². The maximum absolute atomic E-state index is 10.8. The van der Waals surface area contributed by atoms with Crippen molar-refractivity contribution in [3.05, 3.63) is 18.2 Å². The Morgan fingerprint density at radius 2 is 2.38 bits per heavy atom. The molecule has 1 aliphatic heterocycles. The lowest BCUT2D eigenvalue weighted by molar-refractivity contribution is 0.509. The van der Waals surface area contributed by atoms with E-state index in [-0.39, 0.29) is 17.5 Å². The summed E-state index contributed by atoms with van der Waals surface area (Å²) in [6.45, 7) is 0.653. The third kappa shape index (κ3) is 2.07. The number of nitrogens with zero attached hydrogens (tertiary/aromatic N) is 1. The van der Waals surface area contributed by atoms with Gasteiger partial charge in [0.25, 0.3) is 0 Å². The molecule has 72 valence electrons. The quantitative estimate of drug-likeness (QED) is 0.678. The molecular weight excluding hydrogens is 190 g/mol. The Bertz CT molecular complexity index is 358. The fraction of sp³-hybridized carbons (Fsp3) is 0.571. The van der Waals surface area contributed by atoms with Crippen molar-refractivity contribution >= 4 is 9.84 Å². The molecule has 1 aromatic heterocycles. The van der Waals surface area contributed by atoms with Crippen LogP contribution in [0.15, 0.2) is 12.5 Å². The zero-order chi connectivity index (χ0) is 9.31. The largest absolute Gasteiger partial charge is 0.347 e. The molecule has 2 rings (SSSR count). The van der Waals surface area contributed by atoms with Crippen molar-refractivity contribution in [2.24, 2.45) is 0 Å². The molecule has 0 spiro atoms. The van der Waals surface area contributed by atoms with E-state index in [4.69, 9.17) is 0 Å². The minimum Gasteiger partial charge on any atom is -0.347 e. The summed E-state index contributed by atoms with van der Waals surface area (Å²) in [6, 6.07) is 0.119. The molecule has 0 atom stereocenters. The Labute approximate surface area is 76.5 Å². The number of nitrogens with one attached hydrogen (secondary N) is 2. The van der Waals surface area contributed by atoms with E-state index in [9.17, 15) is 8.42 Å². The zero-order valence-corrected chi connectivity index (χ0v) is 7.84. The molecule has 1 aromatic rings. The summed E-state index contributed by atoms with van der Waals surface area (Å²) >= 11 is 0. The lowest BCUT2D eigenvalue weighted by Crippen LogP contribution is -2.50. The molecular formula is C7H11N3O2S. The molecule has 2 heterocycles. The Hall–Kier alpha value is -0.880. The molecule has 13 heavy (non-hydrogen) atoms. The molecule has 0 aromatic carbocycles. The normalized spacial score (nSPS) is 21.2. The molecule has 2 N–H and O–H groups in total. The van der Waals surface area contributed by atoms with Crippen molar-refractivity contribution in [2.75, 3.05) is 11.5 Å². The number of rotatable bonds is 3. The molecule has 0 amide bonds. The molecule has 0 aliphatic carbocycles. The van der Waals surface area contributed by atoms with Crippen LogP contribution in [0, 0.1) is 0 Å². The van der Waals surface area contributed by atoms with E-state index < -0.39 is 9.84 Å². The summed E-state index contributed by atoms with van der Waals surface area (Å²) in [5.41, 5.74) is 0.976. The third-order valence-corrected chi connectivity index (χ3v) is 3.87. The molecule has 1 fully saturated rings. The first-order valence-corrected chi connectivity index (χ1v) is 5.89. The number of imidazole rings is 1. The highest BCUT2D eigenvalue weighted by atomic mass is 32.2. The number of aromatic nitrogens is 2. The molecule has 0 bridgehead atoms. The van der Waals surface area contributed by atoms with E-state index in [1.165, 1.54) is 0 Å². The molecule has 6 heteroatoms. The second-order valence-electron chi connectivity index (χ2n) is 3.23. The van der Waals surface area contributed by atoms with Gasteiger partial charge in [-0.1, -0.05) is 0 Å². The SMILES string of the molecule is O=S1(=O)CC(NCc2cnc[nH]2)C1.